The van der Waals surface area contributed by atoms with Gasteiger partial charge in [-0.25, -0.2) is 9.59 Å². The van der Waals surface area contributed by atoms with E-state index in [1.165, 1.54) is 14.2 Å². The molecule has 0 aromatic heterocycles. The molecule has 0 saturated heterocycles. The van der Waals surface area contributed by atoms with E-state index in [1.54, 1.807) is 24.3 Å². The van der Waals surface area contributed by atoms with Crippen molar-refractivity contribution in [3.8, 4) is 0 Å². The smallest absolute Gasteiger partial charge is 0.337 e. The molecule has 1 N–H and O–H groups in total. The summed E-state index contributed by atoms with van der Waals surface area (Å²) in [4.78, 5) is 22.4. The van der Waals surface area contributed by atoms with E-state index in [-0.39, 0.29) is 24.1 Å². The highest BCUT2D eigenvalue weighted by Gasteiger charge is 2.12. The number of esters is 2. The zero-order valence-electron chi connectivity index (χ0n) is 18.9. The van der Waals surface area contributed by atoms with Crippen LogP contribution in [-0.2, 0) is 27.4 Å². The second kappa shape index (κ2) is 11.5. The topological polar surface area (TPSA) is 82.1 Å². The lowest BCUT2D eigenvalue weighted by Gasteiger charge is -2.20. The fourth-order valence-corrected chi connectivity index (χ4v) is 2.52. The average Bonchev–Trinajstić information content (AvgIpc) is 2.71. The number of aliphatic hydroxyl groups is 1. The van der Waals surface area contributed by atoms with E-state index in [0.29, 0.717) is 17.7 Å². The summed E-state index contributed by atoms with van der Waals surface area (Å²) in [5, 5.41) is 8.89. The van der Waals surface area contributed by atoms with Crippen LogP contribution in [-0.4, -0.2) is 36.9 Å². The highest BCUT2D eigenvalue weighted by molar-refractivity contribution is 5.90. The monoisotopic (exact) mass is 416 g/mol. The summed E-state index contributed by atoms with van der Waals surface area (Å²) in [6, 6.07) is 10.6. The third kappa shape index (κ3) is 7.97. The van der Waals surface area contributed by atoms with Gasteiger partial charge in [0.1, 0.15) is 0 Å². The minimum atomic E-state index is -0.354. The Morgan fingerprint density at radius 2 is 1.27 bits per heavy atom. The van der Waals surface area contributed by atoms with Crippen LogP contribution < -0.4 is 0 Å². The Labute approximate surface area is 178 Å². The zero-order chi connectivity index (χ0) is 22.9. The Morgan fingerprint density at radius 3 is 1.60 bits per heavy atom. The summed E-state index contributed by atoms with van der Waals surface area (Å²) >= 11 is 0. The number of aryl methyl sites for hydroxylation is 2. The van der Waals surface area contributed by atoms with Gasteiger partial charge < -0.3 is 19.3 Å². The fourth-order valence-electron chi connectivity index (χ4n) is 2.52. The largest absolute Gasteiger partial charge is 0.465 e. The van der Waals surface area contributed by atoms with Crippen LogP contribution in [0.15, 0.2) is 36.4 Å². The second-order valence-electron chi connectivity index (χ2n) is 7.82. The van der Waals surface area contributed by atoms with E-state index < -0.39 is 0 Å². The number of carbonyl (C=O) groups excluding carboxylic acids is 2. The van der Waals surface area contributed by atoms with Gasteiger partial charge in [-0.3, -0.25) is 0 Å². The Kier molecular flexibility index (Phi) is 9.69. The molecule has 164 valence electrons. The summed E-state index contributed by atoms with van der Waals surface area (Å²) < 4.78 is 14.9. The standard InChI is InChI=1S/C14H20O3.C10H12O3/c1-10-8-11(13(15)16-5)6-7-12(10)9-17-14(2,3)4;1-7-5-8(10(12)13-2)3-4-9(7)6-11/h6-8H,9H2,1-5H3;3-5,11H,6H2,1-2H3. The Bertz CT molecular complexity index is 864. The van der Waals surface area contributed by atoms with Gasteiger partial charge in [0.25, 0.3) is 0 Å². The molecule has 0 aliphatic carbocycles. The molecule has 0 amide bonds. The van der Waals surface area contributed by atoms with E-state index >= 15 is 0 Å². The Hall–Kier alpha value is -2.70. The number of aliphatic hydroxyl groups excluding tert-OH is 1. The molecule has 0 bridgehead atoms. The first-order chi connectivity index (χ1) is 14.0. The van der Waals surface area contributed by atoms with Crippen LogP contribution in [0.1, 0.15) is 63.7 Å². The minimum Gasteiger partial charge on any atom is -0.465 e. The van der Waals surface area contributed by atoms with Crippen molar-refractivity contribution < 1.29 is 28.9 Å². The third-order valence-corrected chi connectivity index (χ3v) is 4.36. The molecule has 30 heavy (non-hydrogen) atoms. The van der Waals surface area contributed by atoms with Crippen molar-refractivity contribution in [2.75, 3.05) is 14.2 Å². The quantitative estimate of drug-likeness (QED) is 0.729. The van der Waals surface area contributed by atoms with Gasteiger partial charge in [0.15, 0.2) is 0 Å². The molecular formula is C24H32O6. The van der Waals surface area contributed by atoms with Gasteiger partial charge in [-0.2, -0.15) is 0 Å². The molecule has 0 unspecified atom stereocenters. The van der Waals surface area contributed by atoms with Crippen LogP contribution in [0.2, 0.25) is 0 Å². The van der Waals surface area contributed by atoms with Crippen molar-refractivity contribution in [3.05, 3.63) is 69.8 Å². The molecule has 0 heterocycles. The maximum Gasteiger partial charge on any atom is 0.337 e. The van der Waals surface area contributed by atoms with Gasteiger partial charge in [0.2, 0.25) is 0 Å². The molecule has 0 fully saturated rings. The summed E-state index contributed by atoms with van der Waals surface area (Å²) in [5.41, 5.74) is 4.78. The van der Waals surface area contributed by atoms with Crippen LogP contribution in [0, 0.1) is 13.8 Å². The summed E-state index contributed by atoms with van der Waals surface area (Å²) in [6.07, 6.45) is 0. The normalized spacial score (nSPS) is 10.7. The highest BCUT2D eigenvalue weighted by atomic mass is 16.5. The first-order valence-electron chi connectivity index (χ1n) is 9.63. The summed E-state index contributed by atoms with van der Waals surface area (Å²) in [5.74, 6) is -0.663. The molecule has 0 aliphatic rings. The fraction of sp³-hybridized carbons (Fsp3) is 0.417. The molecule has 6 heteroatoms. The molecule has 2 aromatic rings. The number of hydrogen-bond acceptors (Lipinski definition) is 6. The van der Waals surface area contributed by atoms with Crippen LogP contribution in [0.5, 0.6) is 0 Å². The van der Waals surface area contributed by atoms with E-state index in [4.69, 9.17) is 9.84 Å². The maximum atomic E-state index is 11.3. The third-order valence-electron chi connectivity index (χ3n) is 4.36. The van der Waals surface area contributed by atoms with Crippen molar-refractivity contribution in [1.29, 1.82) is 0 Å². The van der Waals surface area contributed by atoms with Gasteiger partial charge in [0, 0.05) is 0 Å². The lowest BCUT2D eigenvalue weighted by Crippen LogP contribution is -2.19. The first-order valence-corrected chi connectivity index (χ1v) is 9.63. The molecule has 0 radical (unpaired) electrons. The van der Waals surface area contributed by atoms with Gasteiger partial charge in [0.05, 0.1) is 44.2 Å². The van der Waals surface area contributed by atoms with E-state index in [0.717, 1.165) is 22.3 Å². The van der Waals surface area contributed by atoms with Gasteiger partial charge in [-0.15, -0.1) is 0 Å². The van der Waals surface area contributed by atoms with Crippen LogP contribution in [0.25, 0.3) is 0 Å². The molecule has 2 aromatic carbocycles. The van der Waals surface area contributed by atoms with Crippen LogP contribution in [0.4, 0.5) is 0 Å². The number of rotatable bonds is 5. The number of hydrogen-bond donors (Lipinski definition) is 1. The van der Waals surface area contributed by atoms with Gasteiger partial charge in [-0.1, -0.05) is 12.1 Å². The van der Waals surface area contributed by atoms with Crippen LogP contribution >= 0.6 is 0 Å². The SMILES string of the molecule is COC(=O)c1ccc(CO)c(C)c1.COC(=O)c1ccc(COC(C)(C)C)c(C)c1. The van der Waals surface area contributed by atoms with E-state index in [1.807, 2.05) is 46.8 Å². The molecule has 2 rings (SSSR count). The predicted octanol–water partition coefficient (Wildman–Crippen LogP) is 4.37. The molecule has 0 atom stereocenters. The van der Waals surface area contributed by atoms with E-state index in [2.05, 4.69) is 9.47 Å². The first kappa shape index (κ1) is 25.3. The van der Waals surface area contributed by atoms with Crippen LogP contribution in [0.3, 0.4) is 0 Å². The average molecular weight is 417 g/mol. The minimum absolute atomic E-state index is 0.00666. The van der Waals surface area contributed by atoms with Crippen molar-refractivity contribution >= 4 is 11.9 Å². The van der Waals surface area contributed by atoms with Gasteiger partial charge in [-0.05, 0) is 81.1 Å². The van der Waals surface area contributed by atoms with Gasteiger partial charge >= 0.3 is 11.9 Å². The number of ether oxygens (including phenoxy) is 3. The summed E-state index contributed by atoms with van der Waals surface area (Å²) in [6.45, 7) is 10.4. The van der Waals surface area contributed by atoms with E-state index in [9.17, 15) is 9.59 Å². The molecule has 6 nitrogen and oxygen atoms in total. The van der Waals surface area contributed by atoms with Crippen molar-refractivity contribution in [3.63, 3.8) is 0 Å². The lowest BCUT2D eigenvalue weighted by atomic mass is 10.1. The molecule has 0 saturated carbocycles. The predicted molar refractivity (Wildman–Crippen MR) is 116 cm³/mol. The van der Waals surface area contributed by atoms with Crippen molar-refractivity contribution in [2.45, 2.75) is 53.4 Å². The highest BCUT2D eigenvalue weighted by Crippen LogP contribution is 2.17. The molecular weight excluding hydrogens is 384 g/mol. The zero-order valence-corrected chi connectivity index (χ0v) is 18.9. The lowest BCUT2D eigenvalue weighted by molar-refractivity contribution is -0.0151. The number of methoxy groups -OCH3 is 2. The number of benzene rings is 2. The maximum absolute atomic E-state index is 11.3. The molecule has 0 aliphatic heterocycles. The number of carbonyl (C=O) groups is 2. The van der Waals surface area contributed by atoms with Crippen molar-refractivity contribution in [2.24, 2.45) is 0 Å². The van der Waals surface area contributed by atoms with Crippen molar-refractivity contribution in [1.82, 2.24) is 0 Å². The summed E-state index contributed by atoms with van der Waals surface area (Å²) in [7, 11) is 2.73. The molecule has 0 spiro atoms. The second-order valence-corrected chi connectivity index (χ2v) is 7.82. The Balaban J connectivity index is 0.000000311. The Morgan fingerprint density at radius 1 is 0.833 bits per heavy atom.